The first kappa shape index (κ1) is 14.5. The Morgan fingerprint density at radius 3 is 2.75 bits per heavy atom. The molecule has 0 radical (unpaired) electrons. The Hall–Kier alpha value is -1.88. The van der Waals surface area contributed by atoms with Crippen molar-refractivity contribution in [1.82, 2.24) is 0 Å². The zero-order valence-electron chi connectivity index (χ0n) is 10.7. The van der Waals surface area contributed by atoms with Gasteiger partial charge in [0.15, 0.2) is 11.5 Å². The fourth-order valence-electron chi connectivity index (χ4n) is 1.69. The van der Waals surface area contributed by atoms with Gasteiger partial charge in [-0.05, 0) is 40.2 Å². The lowest BCUT2D eigenvalue weighted by Crippen LogP contribution is -2.00. The van der Waals surface area contributed by atoms with Gasteiger partial charge in [0.2, 0.25) is 0 Å². The van der Waals surface area contributed by atoms with E-state index in [0.717, 1.165) is 6.29 Å². The SMILES string of the molecule is COc1ccc(C=O)cc1OCc1cccc(F)c1Br. The van der Waals surface area contributed by atoms with Gasteiger partial charge in [-0.3, -0.25) is 4.79 Å². The third kappa shape index (κ3) is 3.17. The Kier molecular flexibility index (Phi) is 4.74. The van der Waals surface area contributed by atoms with Gasteiger partial charge in [0.1, 0.15) is 18.7 Å². The van der Waals surface area contributed by atoms with E-state index in [4.69, 9.17) is 9.47 Å². The van der Waals surface area contributed by atoms with Gasteiger partial charge in [-0.25, -0.2) is 4.39 Å². The van der Waals surface area contributed by atoms with Crippen LogP contribution >= 0.6 is 15.9 Å². The summed E-state index contributed by atoms with van der Waals surface area (Å²) in [5.74, 6) is 0.607. The minimum absolute atomic E-state index is 0.164. The van der Waals surface area contributed by atoms with Crippen LogP contribution in [0.1, 0.15) is 15.9 Å². The Balaban J connectivity index is 2.21. The average molecular weight is 339 g/mol. The van der Waals surface area contributed by atoms with Gasteiger partial charge >= 0.3 is 0 Å². The maximum atomic E-state index is 13.4. The largest absolute Gasteiger partial charge is 0.493 e. The molecule has 5 heteroatoms. The standard InChI is InChI=1S/C15H12BrFO3/c1-19-13-6-5-10(8-18)7-14(13)20-9-11-3-2-4-12(17)15(11)16/h2-8H,9H2,1H3. The highest BCUT2D eigenvalue weighted by Crippen LogP contribution is 2.29. The molecular weight excluding hydrogens is 327 g/mol. The van der Waals surface area contributed by atoms with Crippen molar-refractivity contribution < 1.29 is 18.7 Å². The van der Waals surface area contributed by atoms with E-state index in [1.54, 1.807) is 30.3 Å². The highest BCUT2D eigenvalue weighted by molar-refractivity contribution is 9.10. The van der Waals surface area contributed by atoms with Crippen molar-refractivity contribution in [3.8, 4) is 11.5 Å². The van der Waals surface area contributed by atoms with Crippen molar-refractivity contribution in [3.05, 3.63) is 57.8 Å². The number of hydrogen-bond donors (Lipinski definition) is 0. The lowest BCUT2D eigenvalue weighted by molar-refractivity contribution is 0.112. The maximum absolute atomic E-state index is 13.4. The molecule has 2 aromatic rings. The van der Waals surface area contributed by atoms with E-state index in [1.165, 1.54) is 13.2 Å². The smallest absolute Gasteiger partial charge is 0.162 e. The molecule has 0 amide bonds. The van der Waals surface area contributed by atoms with Gasteiger partial charge in [-0.15, -0.1) is 0 Å². The van der Waals surface area contributed by atoms with E-state index >= 15 is 0 Å². The molecule has 0 bridgehead atoms. The predicted molar refractivity (Wildman–Crippen MR) is 76.8 cm³/mol. The molecular formula is C15H12BrFO3. The Bertz CT molecular complexity index is 629. The molecule has 20 heavy (non-hydrogen) atoms. The van der Waals surface area contributed by atoms with Crippen LogP contribution < -0.4 is 9.47 Å². The predicted octanol–water partition coefficient (Wildman–Crippen LogP) is 3.99. The lowest BCUT2D eigenvalue weighted by atomic mass is 10.2. The van der Waals surface area contributed by atoms with Crippen LogP contribution in [0.3, 0.4) is 0 Å². The summed E-state index contributed by atoms with van der Waals surface area (Å²) < 4.78 is 24.5. The maximum Gasteiger partial charge on any atom is 0.162 e. The van der Waals surface area contributed by atoms with Crippen LogP contribution in [0.2, 0.25) is 0 Å². The summed E-state index contributed by atoms with van der Waals surface area (Å²) in [6.45, 7) is 0.164. The molecule has 0 aliphatic carbocycles. The van der Waals surface area contributed by atoms with Crippen molar-refractivity contribution >= 4 is 22.2 Å². The average Bonchev–Trinajstić information content (AvgIpc) is 2.48. The van der Waals surface area contributed by atoms with E-state index in [9.17, 15) is 9.18 Å². The number of benzene rings is 2. The van der Waals surface area contributed by atoms with Gasteiger partial charge in [-0.1, -0.05) is 12.1 Å². The van der Waals surface area contributed by atoms with Gasteiger partial charge in [0, 0.05) is 11.1 Å². The molecule has 0 saturated heterocycles. The number of carbonyl (C=O) groups is 1. The molecule has 0 N–H and O–H groups in total. The second kappa shape index (κ2) is 6.52. The summed E-state index contributed by atoms with van der Waals surface area (Å²) in [4.78, 5) is 10.8. The van der Waals surface area contributed by atoms with E-state index < -0.39 is 0 Å². The number of hydrogen-bond acceptors (Lipinski definition) is 3. The van der Waals surface area contributed by atoms with Crippen molar-refractivity contribution in [3.63, 3.8) is 0 Å². The van der Waals surface area contributed by atoms with Crippen molar-refractivity contribution in [2.24, 2.45) is 0 Å². The molecule has 0 aliphatic heterocycles. The number of rotatable bonds is 5. The number of ether oxygens (including phenoxy) is 2. The van der Waals surface area contributed by atoms with Crippen LogP contribution in [0, 0.1) is 5.82 Å². The Labute approximate surface area is 124 Å². The fourth-order valence-corrected chi connectivity index (χ4v) is 2.07. The van der Waals surface area contributed by atoms with Gasteiger partial charge in [0.05, 0.1) is 11.6 Å². The Morgan fingerprint density at radius 1 is 1.25 bits per heavy atom. The molecule has 0 atom stereocenters. The summed E-state index contributed by atoms with van der Waals surface area (Å²) in [5.41, 5.74) is 1.16. The lowest BCUT2D eigenvalue weighted by Gasteiger charge is -2.12. The molecule has 2 rings (SSSR count). The van der Waals surface area contributed by atoms with Gasteiger partial charge < -0.3 is 9.47 Å². The molecule has 0 fully saturated rings. The van der Waals surface area contributed by atoms with Crippen LogP contribution in [0.25, 0.3) is 0 Å². The molecule has 0 aliphatic rings. The minimum atomic E-state index is -0.347. The molecule has 104 valence electrons. The highest BCUT2D eigenvalue weighted by atomic mass is 79.9. The van der Waals surface area contributed by atoms with Crippen LogP contribution in [-0.4, -0.2) is 13.4 Å². The van der Waals surface area contributed by atoms with E-state index in [1.807, 2.05) is 0 Å². The van der Waals surface area contributed by atoms with Crippen molar-refractivity contribution in [2.75, 3.05) is 7.11 Å². The molecule has 0 aromatic heterocycles. The molecule has 0 heterocycles. The normalized spacial score (nSPS) is 10.2. The number of halogens is 2. The van der Waals surface area contributed by atoms with Crippen LogP contribution in [-0.2, 0) is 6.61 Å². The van der Waals surface area contributed by atoms with Crippen LogP contribution in [0.5, 0.6) is 11.5 Å². The first-order valence-electron chi connectivity index (χ1n) is 5.84. The molecule has 0 spiro atoms. The molecule has 0 saturated carbocycles. The summed E-state index contributed by atoms with van der Waals surface area (Å²) in [6, 6.07) is 9.60. The third-order valence-corrected chi connectivity index (χ3v) is 3.63. The quantitative estimate of drug-likeness (QED) is 0.773. The Morgan fingerprint density at radius 2 is 2.05 bits per heavy atom. The topological polar surface area (TPSA) is 35.5 Å². The second-order valence-electron chi connectivity index (χ2n) is 4.03. The van der Waals surface area contributed by atoms with Crippen LogP contribution in [0.4, 0.5) is 4.39 Å². The fraction of sp³-hybridized carbons (Fsp3) is 0.133. The van der Waals surface area contributed by atoms with E-state index in [0.29, 0.717) is 27.1 Å². The van der Waals surface area contributed by atoms with Gasteiger partial charge in [0.25, 0.3) is 0 Å². The summed E-state index contributed by atoms with van der Waals surface area (Å²) in [6.07, 6.45) is 0.727. The number of methoxy groups -OCH3 is 1. The van der Waals surface area contributed by atoms with Crippen molar-refractivity contribution in [2.45, 2.75) is 6.61 Å². The third-order valence-electron chi connectivity index (χ3n) is 2.74. The molecule has 3 nitrogen and oxygen atoms in total. The highest BCUT2D eigenvalue weighted by Gasteiger charge is 2.09. The van der Waals surface area contributed by atoms with E-state index in [-0.39, 0.29) is 12.4 Å². The first-order valence-corrected chi connectivity index (χ1v) is 6.64. The second-order valence-corrected chi connectivity index (χ2v) is 4.82. The zero-order chi connectivity index (χ0) is 14.5. The first-order chi connectivity index (χ1) is 9.65. The molecule has 2 aromatic carbocycles. The monoisotopic (exact) mass is 338 g/mol. The van der Waals surface area contributed by atoms with Crippen molar-refractivity contribution in [1.29, 1.82) is 0 Å². The summed E-state index contributed by atoms with van der Waals surface area (Å²) >= 11 is 3.18. The van der Waals surface area contributed by atoms with E-state index in [2.05, 4.69) is 15.9 Å². The van der Waals surface area contributed by atoms with Gasteiger partial charge in [-0.2, -0.15) is 0 Å². The zero-order valence-corrected chi connectivity index (χ0v) is 12.3. The number of aldehydes is 1. The number of carbonyl (C=O) groups excluding carboxylic acids is 1. The molecule has 0 unspecified atom stereocenters. The summed E-state index contributed by atoms with van der Waals surface area (Å²) in [7, 11) is 1.51. The van der Waals surface area contributed by atoms with Crippen LogP contribution in [0.15, 0.2) is 40.9 Å². The minimum Gasteiger partial charge on any atom is -0.493 e. The summed E-state index contributed by atoms with van der Waals surface area (Å²) in [5, 5.41) is 0.